The summed E-state index contributed by atoms with van der Waals surface area (Å²) in [5.41, 5.74) is 0. The standard InChI is InChI=1S/10Os. The Kier molecular flexibility index (Phi) is 747. The van der Waals surface area contributed by atoms with Gasteiger partial charge in [0.25, 0.3) is 0 Å². The molecule has 0 aromatic heterocycles. The van der Waals surface area contributed by atoms with Crippen LogP contribution in [0.1, 0.15) is 0 Å². The summed E-state index contributed by atoms with van der Waals surface area (Å²) in [5.74, 6) is 0. The molecule has 0 unspecified atom stereocenters. The van der Waals surface area contributed by atoms with Crippen LogP contribution in [0.5, 0.6) is 0 Å². The van der Waals surface area contributed by atoms with E-state index in [0.29, 0.717) is 0 Å². The molecule has 0 aromatic carbocycles. The fourth-order valence-corrected chi connectivity index (χ4v) is 0. The van der Waals surface area contributed by atoms with Crippen molar-refractivity contribution in [3.63, 3.8) is 0 Å². The third kappa shape index (κ3) is 63.3. The van der Waals surface area contributed by atoms with Gasteiger partial charge in [-0.05, 0) is 0 Å². The molecule has 0 amide bonds. The van der Waals surface area contributed by atoms with Crippen molar-refractivity contribution in [3.8, 4) is 0 Å². The summed E-state index contributed by atoms with van der Waals surface area (Å²) in [7, 11) is 0. The van der Waals surface area contributed by atoms with Gasteiger partial charge < -0.3 is 0 Å². The molecular weight excluding hydrogens is 1900 g/mol. The monoisotopic (exact) mass is 1920 g/mol. The summed E-state index contributed by atoms with van der Waals surface area (Å²) in [6.45, 7) is 0. The first-order valence-electron chi connectivity index (χ1n) is 0. The van der Waals surface area contributed by atoms with E-state index in [1.807, 2.05) is 0 Å². The topological polar surface area (TPSA) is 0 Å². The van der Waals surface area contributed by atoms with Crippen molar-refractivity contribution in [2.24, 2.45) is 0 Å². The van der Waals surface area contributed by atoms with Gasteiger partial charge in [0.2, 0.25) is 0 Å². The van der Waals surface area contributed by atoms with Crippen molar-refractivity contribution in [3.05, 3.63) is 0 Å². The van der Waals surface area contributed by atoms with Gasteiger partial charge in [-0.1, -0.05) is 0 Å². The van der Waals surface area contributed by atoms with Crippen molar-refractivity contribution in [1.82, 2.24) is 0 Å². The van der Waals surface area contributed by atoms with E-state index < -0.39 is 0 Å². The van der Waals surface area contributed by atoms with Crippen LogP contribution in [0, 0.1) is 0 Å². The number of hydrogen-bond acceptors (Lipinski definition) is 0. The Bertz CT molecular complexity index is 0. The third-order valence-corrected chi connectivity index (χ3v) is 0. The second-order valence-electron chi connectivity index (χ2n) is 0. The molecule has 10 heteroatoms. The van der Waals surface area contributed by atoms with E-state index in [2.05, 4.69) is 0 Å². The first kappa shape index (κ1) is 95.4. The van der Waals surface area contributed by atoms with Crippen LogP contribution in [0.3, 0.4) is 0 Å². The molecule has 0 spiro atoms. The predicted octanol–water partition coefficient (Wildman–Crippen LogP) is -0.0250. The van der Waals surface area contributed by atoms with Crippen molar-refractivity contribution < 1.29 is 198 Å². The average molecular weight is 1900 g/mol. The normalized spacial score (nSPS) is 0. The molecule has 80 valence electrons. The largest absolute Gasteiger partial charge is 0 e. The molecule has 0 N–H and O–H groups in total. The van der Waals surface area contributed by atoms with Gasteiger partial charge in [0, 0.05) is 198 Å². The minimum atomic E-state index is 0. The molecule has 0 nitrogen and oxygen atoms in total. The molecule has 0 aliphatic heterocycles. The van der Waals surface area contributed by atoms with Gasteiger partial charge in [-0.2, -0.15) is 0 Å². The molecule has 10 heavy (non-hydrogen) atoms. The van der Waals surface area contributed by atoms with Gasteiger partial charge in [-0.3, -0.25) is 0 Å². The zero-order valence-electron chi connectivity index (χ0n) is 3.54. The van der Waals surface area contributed by atoms with Gasteiger partial charge >= 0.3 is 0 Å². The smallest absolute Gasteiger partial charge is 0 e. The van der Waals surface area contributed by atoms with Crippen LogP contribution in [0.15, 0.2) is 0 Å². The molecule has 0 atom stereocenters. The van der Waals surface area contributed by atoms with Crippen LogP contribution < -0.4 is 0 Å². The molecule has 0 fully saturated rings. The van der Waals surface area contributed by atoms with E-state index in [0.717, 1.165) is 0 Å². The van der Waals surface area contributed by atoms with Crippen LogP contribution in [0.25, 0.3) is 0 Å². The predicted molar refractivity (Wildman–Crippen MR) is 0 cm³/mol. The summed E-state index contributed by atoms with van der Waals surface area (Å²) in [6, 6.07) is 0. The van der Waals surface area contributed by atoms with Crippen molar-refractivity contribution >= 4 is 0 Å². The van der Waals surface area contributed by atoms with Gasteiger partial charge in [-0.15, -0.1) is 0 Å². The van der Waals surface area contributed by atoms with E-state index in [4.69, 9.17) is 0 Å². The van der Waals surface area contributed by atoms with Crippen molar-refractivity contribution in [2.75, 3.05) is 0 Å². The van der Waals surface area contributed by atoms with Crippen LogP contribution >= 0.6 is 0 Å². The van der Waals surface area contributed by atoms with Gasteiger partial charge in [-0.25, -0.2) is 0 Å². The maximum absolute atomic E-state index is 0. The Morgan fingerprint density at radius 2 is 0.100 bits per heavy atom. The fraction of sp³-hybridized carbons (Fsp3) is 0. The van der Waals surface area contributed by atoms with Crippen LogP contribution in [-0.4, -0.2) is 0 Å². The zero-order chi connectivity index (χ0) is 0. The molecule has 0 saturated carbocycles. The Labute approximate surface area is 193 Å². The second-order valence-corrected chi connectivity index (χ2v) is 0. The molecule has 0 heterocycles. The molecule has 0 aromatic rings. The Morgan fingerprint density at radius 1 is 0.100 bits per heavy atom. The second kappa shape index (κ2) is 78.3. The maximum Gasteiger partial charge on any atom is 0 e. The van der Waals surface area contributed by atoms with Gasteiger partial charge in [0.15, 0.2) is 0 Å². The summed E-state index contributed by atoms with van der Waals surface area (Å²) < 4.78 is 0. The summed E-state index contributed by atoms with van der Waals surface area (Å²) in [5, 5.41) is 0. The molecule has 0 aliphatic carbocycles. The number of hydrogen-bond donors (Lipinski definition) is 0. The molecule has 0 aliphatic rings. The minimum Gasteiger partial charge on any atom is 0 e. The van der Waals surface area contributed by atoms with Crippen LogP contribution in [-0.2, 0) is 198 Å². The zero-order valence-corrected chi connectivity index (χ0v) is 28.9. The van der Waals surface area contributed by atoms with E-state index in [9.17, 15) is 0 Å². The summed E-state index contributed by atoms with van der Waals surface area (Å²) >= 11 is 0. The average Bonchev–Trinajstić information content (AvgIpc) is 0. The van der Waals surface area contributed by atoms with Gasteiger partial charge in [0.1, 0.15) is 0 Å². The fourth-order valence-electron chi connectivity index (χ4n) is 0. The minimum absolute atomic E-state index is 0. The van der Waals surface area contributed by atoms with Crippen molar-refractivity contribution in [1.29, 1.82) is 0 Å². The third-order valence-electron chi connectivity index (χ3n) is 0. The Balaban J connectivity index is 0. The molecule has 0 rings (SSSR count). The SMILES string of the molecule is [Os].[Os].[Os].[Os].[Os].[Os].[Os].[Os].[Os].[Os]. The van der Waals surface area contributed by atoms with Crippen LogP contribution in [0.2, 0.25) is 0 Å². The van der Waals surface area contributed by atoms with E-state index in [1.165, 1.54) is 0 Å². The molecule has 0 saturated heterocycles. The summed E-state index contributed by atoms with van der Waals surface area (Å²) in [4.78, 5) is 0. The van der Waals surface area contributed by atoms with E-state index in [1.54, 1.807) is 0 Å². The maximum atomic E-state index is 0. The first-order valence-corrected chi connectivity index (χ1v) is 0. The Hall–Kier alpha value is 6.36. The van der Waals surface area contributed by atoms with Crippen molar-refractivity contribution in [2.45, 2.75) is 0 Å². The van der Waals surface area contributed by atoms with E-state index >= 15 is 0 Å². The first-order chi connectivity index (χ1) is 0. The molecule has 0 bridgehead atoms. The summed E-state index contributed by atoms with van der Waals surface area (Å²) in [6.07, 6.45) is 0. The molecular formula is Os10. The Morgan fingerprint density at radius 3 is 0.100 bits per heavy atom. The quantitative estimate of drug-likeness (QED) is 0.321. The van der Waals surface area contributed by atoms with Gasteiger partial charge in [0.05, 0.1) is 0 Å². The van der Waals surface area contributed by atoms with Crippen LogP contribution in [0.4, 0.5) is 0 Å². The van der Waals surface area contributed by atoms with E-state index in [-0.39, 0.29) is 198 Å². The molecule has 0 radical (unpaired) electrons. The number of rotatable bonds is 0.